The van der Waals surface area contributed by atoms with Crippen LogP contribution in [-0.4, -0.2) is 23.6 Å². The summed E-state index contributed by atoms with van der Waals surface area (Å²) in [6, 6.07) is -0.197. The van der Waals surface area contributed by atoms with Crippen molar-refractivity contribution in [1.82, 2.24) is 10.7 Å². The summed E-state index contributed by atoms with van der Waals surface area (Å²) in [6.07, 6.45) is 2.91. The van der Waals surface area contributed by atoms with Gasteiger partial charge in [-0.3, -0.25) is 10.2 Å². The maximum Gasteiger partial charge on any atom is 0.407 e. The fourth-order valence-electron chi connectivity index (χ4n) is 1.90. The van der Waals surface area contributed by atoms with E-state index in [0.29, 0.717) is 5.92 Å². The molecule has 0 spiro atoms. The van der Waals surface area contributed by atoms with Gasteiger partial charge in [-0.1, -0.05) is 6.42 Å². The first-order valence-corrected chi connectivity index (χ1v) is 6.31. The molecule has 0 aromatic carbocycles. The maximum absolute atomic E-state index is 11.7. The Labute approximate surface area is 108 Å². The smallest absolute Gasteiger partial charge is 0.407 e. The quantitative estimate of drug-likeness (QED) is 0.399. The third kappa shape index (κ3) is 4.91. The van der Waals surface area contributed by atoms with Crippen molar-refractivity contribution in [2.24, 2.45) is 11.8 Å². The van der Waals surface area contributed by atoms with Crippen LogP contribution in [0.5, 0.6) is 0 Å². The van der Waals surface area contributed by atoms with Crippen LogP contribution < -0.4 is 16.6 Å². The molecule has 1 aliphatic carbocycles. The second kappa shape index (κ2) is 6.04. The molecule has 104 valence electrons. The molecule has 2 amide bonds. The van der Waals surface area contributed by atoms with E-state index >= 15 is 0 Å². The highest BCUT2D eigenvalue weighted by Crippen LogP contribution is 2.31. The third-order valence-electron chi connectivity index (χ3n) is 2.99. The molecular weight excluding hydrogens is 234 g/mol. The zero-order chi connectivity index (χ0) is 13.8. The summed E-state index contributed by atoms with van der Waals surface area (Å²) in [6.45, 7) is 5.41. The van der Waals surface area contributed by atoms with E-state index in [9.17, 15) is 9.59 Å². The van der Waals surface area contributed by atoms with E-state index in [0.717, 1.165) is 19.3 Å². The first kappa shape index (κ1) is 14.8. The average Bonchev–Trinajstić information content (AvgIpc) is 2.11. The van der Waals surface area contributed by atoms with E-state index in [1.165, 1.54) is 0 Å². The molecule has 1 aliphatic rings. The molecule has 0 bridgehead atoms. The van der Waals surface area contributed by atoms with Gasteiger partial charge in [-0.25, -0.2) is 10.6 Å². The SMILES string of the molecule is CC(C)(C)OC(=O)NC(CC(=O)NN)C1CCC1. The van der Waals surface area contributed by atoms with Crippen LogP contribution in [0.2, 0.25) is 0 Å². The first-order chi connectivity index (χ1) is 8.31. The molecule has 0 radical (unpaired) electrons. The highest BCUT2D eigenvalue weighted by Gasteiger charge is 2.31. The summed E-state index contributed by atoms with van der Waals surface area (Å²) in [5, 5.41) is 2.76. The predicted molar refractivity (Wildman–Crippen MR) is 67.4 cm³/mol. The molecule has 1 atom stereocenters. The van der Waals surface area contributed by atoms with Gasteiger partial charge in [0, 0.05) is 12.5 Å². The van der Waals surface area contributed by atoms with Gasteiger partial charge in [0.2, 0.25) is 5.91 Å². The molecule has 1 rings (SSSR count). The number of carbonyl (C=O) groups excluding carboxylic acids is 2. The highest BCUT2D eigenvalue weighted by molar-refractivity contribution is 5.77. The molecule has 0 aromatic rings. The number of ether oxygens (including phenoxy) is 1. The number of amides is 2. The number of carbonyl (C=O) groups is 2. The van der Waals surface area contributed by atoms with Gasteiger partial charge in [0.1, 0.15) is 5.60 Å². The standard InChI is InChI=1S/C12H23N3O3/c1-12(2,3)18-11(17)14-9(7-10(16)15-13)8-5-4-6-8/h8-9H,4-7,13H2,1-3H3,(H,14,17)(H,15,16). The van der Waals surface area contributed by atoms with Crippen molar-refractivity contribution in [2.75, 3.05) is 0 Å². The molecule has 0 aliphatic heterocycles. The largest absolute Gasteiger partial charge is 0.444 e. The zero-order valence-electron chi connectivity index (χ0n) is 11.3. The van der Waals surface area contributed by atoms with E-state index in [-0.39, 0.29) is 18.4 Å². The Morgan fingerprint density at radius 2 is 2.00 bits per heavy atom. The number of hydrogen-bond acceptors (Lipinski definition) is 4. The van der Waals surface area contributed by atoms with Crippen LogP contribution in [0.25, 0.3) is 0 Å². The van der Waals surface area contributed by atoms with Gasteiger partial charge in [-0.05, 0) is 39.5 Å². The lowest BCUT2D eigenvalue weighted by Gasteiger charge is -2.34. The van der Waals surface area contributed by atoms with Crippen LogP contribution in [0, 0.1) is 5.92 Å². The van der Waals surface area contributed by atoms with E-state index < -0.39 is 11.7 Å². The molecule has 1 fully saturated rings. The average molecular weight is 257 g/mol. The number of rotatable bonds is 4. The van der Waals surface area contributed by atoms with Crippen LogP contribution in [0.3, 0.4) is 0 Å². The predicted octanol–water partition coefficient (Wildman–Crippen LogP) is 1.06. The van der Waals surface area contributed by atoms with Gasteiger partial charge in [0.25, 0.3) is 0 Å². The maximum atomic E-state index is 11.7. The van der Waals surface area contributed by atoms with Crippen LogP contribution in [0.1, 0.15) is 46.5 Å². The summed E-state index contributed by atoms with van der Waals surface area (Å²) in [7, 11) is 0. The van der Waals surface area contributed by atoms with E-state index in [4.69, 9.17) is 10.6 Å². The molecule has 4 N–H and O–H groups in total. The Bertz CT molecular complexity index is 308. The van der Waals surface area contributed by atoms with Crippen molar-refractivity contribution in [3.05, 3.63) is 0 Å². The molecule has 0 heterocycles. The lowest BCUT2D eigenvalue weighted by molar-refractivity contribution is -0.122. The third-order valence-corrected chi connectivity index (χ3v) is 2.99. The van der Waals surface area contributed by atoms with Crippen molar-refractivity contribution in [3.8, 4) is 0 Å². The molecule has 18 heavy (non-hydrogen) atoms. The molecule has 6 nitrogen and oxygen atoms in total. The van der Waals surface area contributed by atoms with Crippen LogP contribution in [-0.2, 0) is 9.53 Å². The number of hydrogen-bond donors (Lipinski definition) is 3. The van der Waals surface area contributed by atoms with Gasteiger partial charge in [-0.15, -0.1) is 0 Å². The molecule has 6 heteroatoms. The number of nitrogens with two attached hydrogens (primary N) is 1. The second-order valence-corrected chi connectivity index (χ2v) is 5.72. The van der Waals surface area contributed by atoms with Gasteiger partial charge in [0.15, 0.2) is 0 Å². The van der Waals surface area contributed by atoms with Gasteiger partial charge in [-0.2, -0.15) is 0 Å². The number of nitrogens with one attached hydrogen (secondary N) is 2. The van der Waals surface area contributed by atoms with Crippen molar-refractivity contribution < 1.29 is 14.3 Å². The Morgan fingerprint density at radius 3 is 2.39 bits per heavy atom. The lowest BCUT2D eigenvalue weighted by atomic mass is 9.78. The summed E-state index contributed by atoms with van der Waals surface area (Å²) < 4.78 is 5.19. The summed E-state index contributed by atoms with van der Waals surface area (Å²) in [5.41, 5.74) is 1.55. The minimum Gasteiger partial charge on any atom is -0.444 e. The zero-order valence-corrected chi connectivity index (χ0v) is 11.3. The Morgan fingerprint density at radius 1 is 1.39 bits per heavy atom. The normalized spacial score (nSPS) is 17.6. The van der Waals surface area contributed by atoms with E-state index in [1.807, 2.05) is 0 Å². The van der Waals surface area contributed by atoms with E-state index in [1.54, 1.807) is 20.8 Å². The molecular formula is C12H23N3O3. The van der Waals surface area contributed by atoms with Gasteiger partial charge in [0.05, 0.1) is 0 Å². The van der Waals surface area contributed by atoms with Crippen molar-refractivity contribution in [1.29, 1.82) is 0 Å². The summed E-state index contributed by atoms with van der Waals surface area (Å²) >= 11 is 0. The molecule has 1 saturated carbocycles. The highest BCUT2D eigenvalue weighted by atomic mass is 16.6. The molecule has 0 aromatic heterocycles. The van der Waals surface area contributed by atoms with E-state index in [2.05, 4.69) is 10.7 Å². The van der Waals surface area contributed by atoms with Crippen LogP contribution in [0.4, 0.5) is 4.79 Å². The Kier molecular flexibility index (Phi) is 4.95. The molecule has 1 unspecified atom stereocenters. The number of hydrazine groups is 1. The minimum atomic E-state index is -0.537. The van der Waals surface area contributed by atoms with Crippen molar-refractivity contribution in [2.45, 2.75) is 58.1 Å². The topological polar surface area (TPSA) is 93.4 Å². The minimum absolute atomic E-state index is 0.195. The second-order valence-electron chi connectivity index (χ2n) is 5.72. The number of alkyl carbamates (subject to hydrolysis) is 1. The molecule has 0 saturated heterocycles. The van der Waals surface area contributed by atoms with Crippen LogP contribution in [0.15, 0.2) is 0 Å². The Hall–Kier alpha value is -1.30. The summed E-state index contributed by atoms with van der Waals surface area (Å²) in [4.78, 5) is 23.0. The fourth-order valence-corrected chi connectivity index (χ4v) is 1.90. The van der Waals surface area contributed by atoms with Gasteiger partial charge < -0.3 is 10.1 Å². The fraction of sp³-hybridized carbons (Fsp3) is 0.833. The first-order valence-electron chi connectivity index (χ1n) is 6.31. The Balaban J connectivity index is 2.50. The van der Waals surface area contributed by atoms with Gasteiger partial charge >= 0.3 is 6.09 Å². The van der Waals surface area contributed by atoms with Crippen LogP contribution >= 0.6 is 0 Å². The monoisotopic (exact) mass is 257 g/mol. The van der Waals surface area contributed by atoms with Crippen molar-refractivity contribution >= 4 is 12.0 Å². The summed E-state index contributed by atoms with van der Waals surface area (Å²) in [5.74, 6) is 5.14. The van der Waals surface area contributed by atoms with Crippen molar-refractivity contribution in [3.63, 3.8) is 0 Å². The lowest BCUT2D eigenvalue weighted by Crippen LogP contribution is -2.48.